The molecule has 3 aromatic rings. The van der Waals surface area contributed by atoms with Crippen molar-refractivity contribution in [3.8, 4) is 23.0 Å². The van der Waals surface area contributed by atoms with Crippen LogP contribution in [-0.2, 0) is 16.2 Å². The fraction of sp³-hybridized carbons (Fsp3) is 0.312. The van der Waals surface area contributed by atoms with Crippen LogP contribution in [-0.4, -0.2) is 48.6 Å². The Morgan fingerprint density at radius 1 is 0.850 bits per heavy atom. The standard InChI is InChI=1S/C32H35NO7/c1-5-17-33-29(22-13-16-25(37-4)27(18-22)40-20-21-11-9-8-10-12-21)28(31(35)32(33)36)30(34)24-15-14-23(38-6-2)19-26(24)39-7-3/h8-16,18-19,29,34H,5-7,17,20H2,1-4H3/b30-28+. The molecule has 0 aromatic heterocycles. The number of hydrogen-bond acceptors (Lipinski definition) is 7. The van der Waals surface area contributed by atoms with E-state index in [1.54, 1.807) is 43.5 Å². The molecule has 0 bridgehead atoms. The molecule has 0 aliphatic carbocycles. The van der Waals surface area contributed by atoms with Gasteiger partial charge in [-0.15, -0.1) is 0 Å². The summed E-state index contributed by atoms with van der Waals surface area (Å²) < 4.78 is 23.0. The summed E-state index contributed by atoms with van der Waals surface area (Å²) in [4.78, 5) is 28.1. The summed E-state index contributed by atoms with van der Waals surface area (Å²) in [7, 11) is 1.55. The minimum atomic E-state index is -0.828. The highest BCUT2D eigenvalue weighted by Gasteiger charge is 2.46. The Labute approximate surface area is 234 Å². The molecule has 40 heavy (non-hydrogen) atoms. The summed E-state index contributed by atoms with van der Waals surface area (Å²) in [6.07, 6.45) is 0.629. The van der Waals surface area contributed by atoms with Gasteiger partial charge in [0, 0.05) is 12.6 Å². The van der Waals surface area contributed by atoms with Gasteiger partial charge >= 0.3 is 0 Å². The van der Waals surface area contributed by atoms with Crippen molar-refractivity contribution in [3.05, 3.63) is 89.0 Å². The van der Waals surface area contributed by atoms with Crippen molar-refractivity contribution in [2.24, 2.45) is 0 Å². The van der Waals surface area contributed by atoms with Gasteiger partial charge in [-0.3, -0.25) is 9.59 Å². The highest BCUT2D eigenvalue weighted by Crippen LogP contribution is 2.43. The van der Waals surface area contributed by atoms with Gasteiger partial charge in [0.05, 0.1) is 37.5 Å². The minimum Gasteiger partial charge on any atom is -0.507 e. The quantitative estimate of drug-likeness (QED) is 0.172. The fourth-order valence-electron chi connectivity index (χ4n) is 4.78. The van der Waals surface area contributed by atoms with Crippen LogP contribution in [0.1, 0.15) is 49.9 Å². The lowest BCUT2D eigenvalue weighted by Gasteiger charge is -2.26. The number of aliphatic hydroxyl groups excluding tert-OH is 1. The Morgan fingerprint density at radius 2 is 1.60 bits per heavy atom. The molecule has 4 rings (SSSR count). The molecule has 1 heterocycles. The largest absolute Gasteiger partial charge is 0.507 e. The van der Waals surface area contributed by atoms with Gasteiger partial charge in [-0.1, -0.05) is 43.3 Å². The number of rotatable bonds is 12. The van der Waals surface area contributed by atoms with Gasteiger partial charge in [0.15, 0.2) is 11.5 Å². The number of nitrogens with zero attached hydrogens (tertiary/aromatic N) is 1. The van der Waals surface area contributed by atoms with Crippen LogP contribution in [0.25, 0.3) is 5.76 Å². The second-order valence-electron chi connectivity index (χ2n) is 9.20. The number of likely N-dealkylation sites (tertiary alicyclic amines) is 1. The maximum Gasteiger partial charge on any atom is 0.295 e. The summed E-state index contributed by atoms with van der Waals surface area (Å²) >= 11 is 0. The molecule has 1 amide bonds. The number of ketones is 1. The third kappa shape index (κ3) is 5.91. The summed E-state index contributed by atoms with van der Waals surface area (Å²) in [5.74, 6) is 0.166. The van der Waals surface area contributed by atoms with E-state index in [2.05, 4.69) is 0 Å². The Bertz CT molecular complexity index is 1380. The van der Waals surface area contributed by atoms with E-state index in [1.807, 2.05) is 51.1 Å². The van der Waals surface area contributed by atoms with E-state index in [1.165, 1.54) is 4.90 Å². The molecule has 1 aliphatic heterocycles. The highest BCUT2D eigenvalue weighted by atomic mass is 16.5. The zero-order chi connectivity index (χ0) is 28.6. The second-order valence-corrected chi connectivity index (χ2v) is 9.20. The van der Waals surface area contributed by atoms with Crippen molar-refractivity contribution in [2.45, 2.75) is 39.8 Å². The molecule has 0 saturated carbocycles. The first-order valence-electron chi connectivity index (χ1n) is 13.5. The van der Waals surface area contributed by atoms with Gasteiger partial charge < -0.3 is 29.0 Å². The number of amides is 1. The first-order chi connectivity index (χ1) is 19.4. The van der Waals surface area contributed by atoms with Crippen molar-refractivity contribution < 1.29 is 33.6 Å². The molecule has 1 atom stereocenters. The number of Topliss-reactive ketones (excluding diaryl/α,β-unsaturated/α-hetero) is 1. The van der Waals surface area contributed by atoms with Gasteiger partial charge in [0.25, 0.3) is 11.7 Å². The van der Waals surface area contributed by atoms with Crippen molar-refractivity contribution in [1.82, 2.24) is 4.90 Å². The average molecular weight is 546 g/mol. The van der Waals surface area contributed by atoms with Gasteiger partial charge in [0.1, 0.15) is 23.9 Å². The smallest absolute Gasteiger partial charge is 0.295 e. The highest BCUT2D eigenvalue weighted by molar-refractivity contribution is 6.46. The van der Waals surface area contributed by atoms with Crippen LogP contribution in [0.5, 0.6) is 23.0 Å². The lowest BCUT2D eigenvalue weighted by Crippen LogP contribution is -2.30. The maximum absolute atomic E-state index is 13.4. The van der Waals surface area contributed by atoms with Crippen molar-refractivity contribution >= 4 is 17.4 Å². The summed E-state index contributed by atoms with van der Waals surface area (Å²) in [6, 6.07) is 19.2. The Hall–Kier alpha value is -4.46. The number of hydrogen-bond donors (Lipinski definition) is 1. The number of carbonyl (C=O) groups is 2. The van der Waals surface area contributed by atoms with Crippen molar-refractivity contribution in [1.29, 1.82) is 0 Å². The van der Waals surface area contributed by atoms with E-state index < -0.39 is 17.7 Å². The Balaban J connectivity index is 1.82. The minimum absolute atomic E-state index is 0.0114. The molecule has 1 aliphatic rings. The van der Waals surface area contributed by atoms with E-state index in [0.717, 1.165) is 5.56 Å². The third-order valence-corrected chi connectivity index (χ3v) is 6.56. The van der Waals surface area contributed by atoms with Crippen LogP contribution in [0.4, 0.5) is 0 Å². The average Bonchev–Trinajstić information content (AvgIpc) is 3.22. The number of ether oxygens (including phenoxy) is 4. The lowest BCUT2D eigenvalue weighted by atomic mass is 9.94. The Morgan fingerprint density at radius 3 is 2.27 bits per heavy atom. The maximum atomic E-state index is 13.4. The molecule has 1 fully saturated rings. The van der Waals surface area contributed by atoms with Gasteiger partial charge in [0.2, 0.25) is 0 Å². The molecule has 8 heteroatoms. The number of benzene rings is 3. The van der Waals surface area contributed by atoms with Crippen molar-refractivity contribution in [3.63, 3.8) is 0 Å². The molecule has 3 aromatic carbocycles. The molecule has 1 unspecified atom stereocenters. The Kier molecular flexibility index (Phi) is 9.32. The van der Waals surface area contributed by atoms with Crippen molar-refractivity contribution in [2.75, 3.05) is 26.9 Å². The molecule has 1 saturated heterocycles. The third-order valence-electron chi connectivity index (χ3n) is 6.56. The zero-order valence-corrected chi connectivity index (χ0v) is 23.3. The van der Waals surface area contributed by atoms with Crippen LogP contribution >= 0.6 is 0 Å². The molecular formula is C32H35NO7. The predicted octanol–water partition coefficient (Wildman–Crippen LogP) is 5.90. The van der Waals surface area contributed by atoms with E-state index in [-0.39, 0.29) is 11.3 Å². The lowest BCUT2D eigenvalue weighted by molar-refractivity contribution is -0.139. The molecule has 0 radical (unpaired) electrons. The number of methoxy groups -OCH3 is 1. The first kappa shape index (κ1) is 28.5. The molecule has 0 spiro atoms. The van der Waals surface area contributed by atoms with Crippen LogP contribution in [0.3, 0.4) is 0 Å². The van der Waals surface area contributed by atoms with E-state index in [0.29, 0.717) is 66.9 Å². The predicted molar refractivity (Wildman–Crippen MR) is 152 cm³/mol. The van der Waals surface area contributed by atoms with E-state index in [4.69, 9.17) is 18.9 Å². The number of aliphatic hydroxyl groups is 1. The summed E-state index contributed by atoms with van der Waals surface area (Å²) in [5, 5.41) is 11.6. The number of carbonyl (C=O) groups excluding carboxylic acids is 2. The molecule has 210 valence electrons. The van der Waals surface area contributed by atoms with E-state index >= 15 is 0 Å². The second kappa shape index (κ2) is 13.1. The van der Waals surface area contributed by atoms with Crippen LogP contribution in [0.2, 0.25) is 0 Å². The topological polar surface area (TPSA) is 94.5 Å². The van der Waals surface area contributed by atoms with Gasteiger partial charge in [-0.2, -0.15) is 0 Å². The first-order valence-corrected chi connectivity index (χ1v) is 13.5. The summed E-state index contributed by atoms with van der Waals surface area (Å²) in [5.41, 5.74) is 1.88. The van der Waals surface area contributed by atoms with Crippen LogP contribution < -0.4 is 18.9 Å². The fourth-order valence-corrected chi connectivity index (χ4v) is 4.78. The van der Waals surface area contributed by atoms with Crippen LogP contribution in [0.15, 0.2) is 72.3 Å². The summed E-state index contributed by atoms with van der Waals surface area (Å²) in [6.45, 7) is 7.06. The van der Waals surface area contributed by atoms with E-state index in [9.17, 15) is 14.7 Å². The molecule has 8 nitrogen and oxygen atoms in total. The SMILES string of the molecule is CCCN1C(=O)C(=O)/C(=C(/O)c2ccc(OCC)cc2OCC)C1c1ccc(OC)c(OCc2ccccc2)c1. The molecular weight excluding hydrogens is 510 g/mol. The van der Waals surface area contributed by atoms with Crippen LogP contribution in [0, 0.1) is 0 Å². The zero-order valence-electron chi connectivity index (χ0n) is 23.3. The normalized spacial score (nSPS) is 16.2. The van der Waals surface area contributed by atoms with Gasteiger partial charge in [-0.05, 0) is 55.7 Å². The van der Waals surface area contributed by atoms with Gasteiger partial charge in [-0.25, -0.2) is 0 Å². The molecule has 1 N–H and O–H groups in total. The monoisotopic (exact) mass is 545 g/mol.